The van der Waals surface area contributed by atoms with Gasteiger partial charge in [-0.15, -0.1) is 0 Å². The predicted molar refractivity (Wildman–Crippen MR) is 81.6 cm³/mol. The monoisotopic (exact) mass is 297 g/mol. The first kappa shape index (κ1) is 14.1. The number of hydrogen-bond donors (Lipinski definition) is 1. The van der Waals surface area contributed by atoms with Crippen LogP contribution >= 0.6 is 0 Å². The highest BCUT2D eigenvalue weighted by molar-refractivity contribution is 6.06. The Hall–Kier alpha value is -2.89. The molecule has 22 heavy (non-hydrogen) atoms. The first-order valence-corrected chi connectivity index (χ1v) is 6.84. The summed E-state index contributed by atoms with van der Waals surface area (Å²) in [5.74, 6) is 0.128. The maximum atomic E-state index is 12.7. The van der Waals surface area contributed by atoms with E-state index in [-0.39, 0.29) is 28.1 Å². The third-order valence-corrected chi connectivity index (χ3v) is 3.49. The summed E-state index contributed by atoms with van der Waals surface area (Å²) >= 11 is 0. The Balaban J connectivity index is 1.99. The maximum Gasteiger partial charge on any atom is 0.262 e. The molecule has 0 unspecified atom stereocenters. The molecule has 0 saturated carbocycles. The molecule has 1 amide bonds. The molecule has 6 nitrogen and oxygen atoms in total. The molecule has 3 aromatic rings. The van der Waals surface area contributed by atoms with Gasteiger partial charge in [0.1, 0.15) is 11.1 Å². The van der Waals surface area contributed by atoms with E-state index in [1.807, 2.05) is 30.3 Å². The van der Waals surface area contributed by atoms with Crippen LogP contribution in [-0.2, 0) is 6.54 Å². The number of aromatic nitrogens is 2. The average Bonchev–Trinajstić information content (AvgIpc) is 2.85. The second-order valence-corrected chi connectivity index (χ2v) is 5.09. The number of furan rings is 1. The summed E-state index contributed by atoms with van der Waals surface area (Å²) in [6, 6.07) is 9.64. The van der Waals surface area contributed by atoms with Crippen molar-refractivity contribution in [1.29, 1.82) is 0 Å². The van der Waals surface area contributed by atoms with E-state index >= 15 is 0 Å². The normalized spacial score (nSPS) is 10.8. The molecule has 1 aromatic carbocycles. The predicted octanol–water partition coefficient (Wildman–Crippen LogP) is 2.10. The van der Waals surface area contributed by atoms with Crippen molar-refractivity contribution in [2.75, 3.05) is 7.05 Å². The average molecular weight is 297 g/mol. The van der Waals surface area contributed by atoms with Gasteiger partial charge in [0, 0.05) is 13.6 Å². The van der Waals surface area contributed by atoms with Crippen LogP contribution in [-0.4, -0.2) is 27.8 Å². The lowest BCUT2D eigenvalue weighted by Gasteiger charge is -2.17. The van der Waals surface area contributed by atoms with E-state index in [2.05, 4.69) is 9.97 Å². The molecule has 0 aliphatic rings. The quantitative estimate of drug-likeness (QED) is 0.803. The highest BCUT2D eigenvalue weighted by Gasteiger charge is 2.24. The molecule has 0 fully saturated rings. The van der Waals surface area contributed by atoms with Crippen LogP contribution in [0.3, 0.4) is 0 Å². The van der Waals surface area contributed by atoms with Gasteiger partial charge in [-0.2, -0.15) is 0 Å². The standard InChI is InChI=1S/C16H15N3O3/c1-10-12(13-14(20)17-9-18-15(13)22-10)16(21)19(2)8-11-6-4-3-5-7-11/h3-7,9H,8H2,1-2H3,(H,17,18,20). The van der Waals surface area contributed by atoms with Gasteiger partial charge in [0.05, 0.1) is 11.9 Å². The molecule has 0 saturated heterocycles. The molecule has 0 aliphatic heterocycles. The van der Waals surface area contributed by atoms with Crippen molar-refractivity contribution in [3.05, 3.63) is 63.9 Å². The number of nitrogens with zero attached hydrogens (tertiary/aromatic N) is 2. The van der Waals surface area contributed by atoms with Gasteiger partial charge in [-0.25, -0.2) is 4.98 Å². The summed E-state index contributed by atoms with van der Waals surface area (Å²) in [4.78, 5) is 32.6. The molecule has 0 atom stereocenters. The van der Waals surface area contributed by atoms with Gasteiger partial charge in [0.15, 0.2) is 0 Å². The highest BCUT2D eigenvalue weighted by atomic mass is 16.3. The summed E-state index contributed by atoms with van der Waals surface area (Å²) in [6.45, 7) is 2.11. The van der Waals surface area contributed by atoms with Crippen LogP contribution < -0.4 is 5.56 Å². The molecule has 1 N–H and O–H groups in total. The molecule has 0 bridgehead atoms. The highest BCUT2D eigenvalue weighted by Crippen LogP contribution is 2.22. The Morgan fingerprint density at radius 3 is 2.77 bits per heavy atom. The zero-order valence-corrected chi connectivity index (χ0v) is 12.3. The van der Waals surface area contributed by atoms with Crippen LogP contribution in [0.4, 0.5) is 0 Å². The van der Waals surface area contributed by atoms with E-state index in [4.69, 9.17) is 4.42 Å². The number of amides is 1. The fourth-order valence-corrected chi connectivity index (χ4v) is 2.43. The number of rotatable bonds is 3. The Morgan fingerprint density at radius 2 is 2.05 bits per heavy atom. The van der Waals surface area contributed by atoms with Crippen LogP contribution in [0.15, 0.2) is 45.9 Å². The molecule has 0 aliphatic carbocycles. The van der Waals surface area contributed by atoms with E-state index < -0.39 is 0 Å². The lowest BCUT2D eigenvalue weighted by molar-refractivity contribution is 0.0785. The van der Waals surface area contributed by atoms with Crippen molar-refractivity contribution in [3.63, 3.8) is 0 Å². The number of hydrogen-bond acceptors (Lipinski definition) is 4. The van der Waals surface area contributed by atoms with Gasteiger partial charge >= 0.3 is 0 Å². The van der Waals surface area contributed by atoms with Crippen molar-refractivity contribution in [2.45, 2.75) is 13.5 Å². The minimum absolute atomic E-state index is 0.178. The third-order valence-electron chi connectivity index (χ3n) is 3.49. The van der Waals surface area contributed by atoms with Crippen LogP contribution in [0.1, 0.15) is 21.7 Å². The largest absolute Gasteiger partial charge is 0.442 e. The van der Waals surface area contributed by atoms with Gasteiger partial charge in [-0.3, -0.25) is 9.59 Å². The number of aromatic amines is 1. The van der Waals surface area contributed by atoms with Crippen LogP contribution in [0.2, 0.25) is 0 Å². The second-order valence-electron chi connectivity index (χ2n) is 5.09. The van der Waals surface area contributed by atoms with E-state index in [1.54, 1.807) is 18.9 Å². The van der Waals surface area contributed by atoms with Crippen LogP contribution in [0, 0.1) is 6.92 Å². The molecule has 3 rings (SSSR count). The Labute approximate surface area is 126 Å². The fourth-order valence-electron chi connectivity index (χ4n) is 2.43. The van der Waals surface area contributed by atoms with Crippen molar-refractivity contribution in [1.82, 2.24) is 14.9 Å². The maximum absolute atomic E-state index is 12.7. The number of carbonyl (C=O) groups is 1. The minimum Gasteiger partial charge on any atom is -0.442 e. The Bertz CT molecular complexity index is 881. The number of aryl methyl sites for hydroxylation is 1. The van der Waals surface area contributed by atoms with Gasteiger partial charge in [0.2, 0.25) is 5.71 Å². The molecular weight excluding hydrogens is 282 g/mol. The van der Waals surface area contributed by atoms with Gasteiger partial charge in [0.25, 0.3) is 11.5 Å². The summed E-state index contributed by atoms with van der Waals surface area (Å²) in [5, 5.41) is 0.199. The smallest absolute Gasteiger partial charge is 0.262 e. The van der Waals surface area contributed by atoms with Gasteiger partial charge in [-0.05, 0) is 12.5 Å². The zero-order chi connectivity index (χ0) is 15.7. The second kappa shape index (κ2) is 5.48. The van der Waals surface area contributed by atoms with Crippen molar-refractivity contribution in [2.24, 2.45) is 0 Å². The van der Waals surface area contributed by atoms with Gasteiger partial charge in [-0.1, -0.05) is 30.3 Å². The molecule has 0 spiro atoms. The minimum atomic E-state index is -0.377. The molecule has 6 heteroatoms. The lowest BCUT2D eigenvalue weighted by Crippen LogP contribution is -2.27. The number of nitrogens with one attached hydrogen (secondary N) is 1. The molecular formula is C16H15N3O3. The lowest BCUT2D eigenvalue weighted by atomic mass is 10.1. The van der Waals surface area contributed by atoms with Crippen molar-refractivity contribution >= 4 is 17.0 Å². The van der Waals surface area contributed by atoms with E-state index in [0.717, 1.165) is 5.56 Å². The van der Waals surface area contributed by atoms with E-state index in [9.17, 15) is 9.59 Å². The SMILES string of the molecule is Cc1oc2nc[nH]c(=O)c2c1C(=O)N(C)Cc1ccccc1. The molecule has 112 valence electrons. The first-order chi connectivity index (χ1) is 10.6. The number of carbonyl (C=O) groups excluding carboxylic acids is 1. The number of H-pyrrole nitrogens is 1. The van der Waals surface area contributed by atoms with Crippen LogP contribution in [0.25, 0.3) is 11.1 Å². The fraction of sp³-hybridized carbons (Fsp3) is 0.188. The van der Waals surface area contributed by atoms with Crippen molar-refractivity contribution < 1.29 is 9.21 Å². The van der Waals surface area contributed by atoms with E-state index in [0.29, 0.717) is 12.3 Å². The number of benzene rings is 1. The number of fused-ring (bicyclic) bond motifs is 1. The topological polar surface area (TPSA) is 79.2 Å². The van der Waals surface area contributed by atoms with Crippen molar-refractivity contribution in [3.8, 4) is 0 Å². The van der Waals surface area contributed by atoms with E-state index in [1.165, 1.54) is 6.33 Å². The summed E-state index contributed by atoms with van der Waals surface area (Å²) in [5.41, 5.74) is 1.08. The molecule has 2 heterocycles. The Morgan fingerprint density at radius 1 is 1.32 bits per heavy atom. The van der Waals surface area contributed by atoms with Gasteiger partial charge < -0.3 is 14.3 Å². The Kier molecular flexibility index (Phi) is 3.50. The summed E-state index contributed by atoms with van der Waals surface area (Å²) in [6.07, 6.45) is 1.26. The first-order valence-electron chi connectivity index (χ1n) is 6.84. The molecule has 0 radical (unpaired) electrons. The molecule has 2 aromatic heterocycles. The van der Waals surface area contributed by atoms with Crippen LogP contribution in [0.5, 0.6) is 0 Å². The zero-order valence-electron chi connectivity index (χ0n) is 12.3. The summed E-state index contributed by atoms with van der Waals surface area (Å²) < 4.78 is 5.42. The third kappa shape index (κ3) is 2.39. The summed E-state index contributed by atoms with van der Waals surface area (Å²) in [7, 11) is 1.69.